The fourth-order valence-corrected chi connectivity index (χ4v) is 4.55. The van der Waals surface area contributed by atoms with Gasteiger partial charge >= 0.3 is 0 Å². The Morgan fingerprint density at radius 1 is 1.07 bits per heavy atom. The van der Waals surface area contributed by atoms with Crippen LogP contribution in [0, 0.1) is 0 Å². The summed E-state index contributed by atoms with van der Waals surface area (Å²) in [6.07, 6.45) is 4.54. The van der Waals surface area contributed by atoms with Crippen LogP contribution in [0.25, 0.3) is 6.08 Å². The minimum absolute atomic E-state index is 0.00710. The van der Waals surface area contributed by atoms with Crippen LogP contribution in [-0.4, -0.2) is 49.3 Å². The number of anilines is 1. The first-order valence-corrected chi connectivity index (χ1v) is 10.9. The maximum absolute atomic E-state index is 12.7. The smallest absolute Gasteiger partial charge is 0.244 e. The van der Waals surface area contributed by atoms with E-state index in [9.17, 15) is 23.1 Å². The van der Waals surface area contributed by atoms with Crippen molar-refractivity contribution in [3.63, 3.8) is 0 Å². The normalized spacial score (nSPS) is 14.7. The van der Waals surface area contributed by atoms with Gasteiger partial charge in [0.25, 0.3) is 0 Å². The number of hydrogen-bond donors (Lipinski definition) is 3. The Labute approximate surface area is 175 Å². The minimum Gasteiger partial charge on any atom is -0.506 e. The number of hydrogen-bond acceptors (Lipinski definition) is 5. The van der Waals surface area contributed by atoms with Gasteiger partial charge in [0.2, 0.25) is 21.8 Å². The van der Waals surface area contributed by atoms with Gasteiger partial charge in [0, 0.05) is 19.2 Å². The van der Waals surface area contributed by atoms with Crippen molar-refractivity contribution in [2.75, 3.05) is 25.0 Å². The molecule has 0 aromatic heterocycles. The van der Waals surface area contributed by atoms with E-state index < -0.39 is 21.8 Å². The highest BCUT2D eigenvalue weighted by Gasteiger charge is 2.27. The Kier molecular flexibility index (Phi) is 6.86. The van der Waals surface area contributed by atoms with Crippen molar-refractivity contribution in [2.45, 2.75) is 17.7 Å². The molecule has 1 aliphatic rings. The Balaban J connectivity index is 1.59. The second kappa shape index (κ2) is 9.55. The Morgan fingerprint density at radius 3 is 2.47 bits per heavy atom. The molecule has 0 unspecified atom stereocenters. The molecular formula is C21H23N3O5S. The monoisotopic (exact) mass is 429 g/mol. The van der Waals surface area contributed by atoms with Gasteiger partial charge in [0.1, 0.15) is 5.75 Å². The lowest BCUT2D eigenvalue weighted by Gasteiger charge is -2.16. The molecule has 9 heteroatoms. The first-order chi connectivity index (χ1) is 14.4. The van der Waals surface area contributed by atoms with Crippen LogP contribution in [-0.2, 0) is 19.6 Å². The van der Waals surface area contributed by atoms with Crippen LogP contribution in [0.2, 0.25) is 0 Å². The van der Waals surface area contributed by atoms with Crippen LogP contribution in [0.3, 0.4) is 0 Å². The molecule has 1 fully saturated rings. The molecule has 1 aliphatic heterocycles. The molecule has 8 nitrogen and oxygen atoms in total. The lowest BCUT2D eigenvalue weighted by Crippen LogP contribution is -2.32. The van der Waals surface area contributed by atoms with E-state index in [1.54, 1.807) is 6.08 Å². The number of rotatable bonds is 7. The third-order valence-corrected chi connectivity index (χ3v) is 6.49. The van der Waals surface area contributed by atoms with Crippen molar-refractivity contribution in [1.82, 2.24) is 9.62 Å². The number of carbonyl (C=O) groups excluding carboxylic acids is 2. The van der Waals surface area contributed by atoms with E-state index in [2.05, 4.69) is 10.6 Å². The summed E-state index contributed by atoms with van der Waals surface area (Å²) in [6, 6.07) is 13.0. The number of aromatic hydroxyl groups is 1. The lowest BCUT2D eigenvalue weighted by atomic mass is 10.2. The zero-order valence-electron chi connectivity index (χ0n) is 16.2. The van der Waals surface area contributed by atoms with Gasteiger partial charge in [0.05, 0.1) is 17.1 Å². The highest BCUT2D eigenvalue weighted by molar-refractivity contribution is 7.89. The van der Waals surface area contributed by atoms with Gasteiger partial charge in [-0.25, -0.2) is 8.42 Å². The second-order valence-electron chi connectivity index (χ2n) is 6.80. The molecular weight excluding hydrogens is 406 g/mol. The standard InChI is InChI=1S/C21H23N3O5S/c25-19-10-9-17(30(28,29)24-12-4-5-13-24)14-18(19)23-21(27)15-22-20(26)11-8-16-6-2-1-3-7-16/h1-3,6-11,14,25H,4-5,12-13,15H2,(H,22,26)(H,23,27)/b11-8+. The van der Waals surface area contributed by atoms with Gasteiger partial charge in [-0.3, -0.25) is 9.59 Å². The number of nitrogens with zero attached hydrogens (tertiary/aromatic N) is 1. The lowest BCUT2D eigenvalue weighted by molar-refractivity contribution is -0.121. The maximum atomic E-state index is 12.7. The Bertz CT molecular complexity index is 1050. The molecule has 2 aromatic carbocycles. The largest absolute Gasteiger partial charge is 0.506 e. The van der Waals surface area contributed by atoms with Gasteiger partial charge in [-0.1, -0.05) is 30.3 Å². The first-order valence-electron chi connectivity index (χ1n) is 9.50. The molecule has 2 amide bonds. The molecule has 0 aliphatic carbocycles. The summed E-state index contributed by atoms with van der Waals surface area (Å²) in [5, 5.41) is 14.8. The Morgan fingerprint density at radius 2 is 1.77 bits per heavy atom. The number of benzene rings is 2. The molecule has 2 aromatic rings. The zero-order chi connectivity index (χ0) is 21.6. The van der Waals surface area contributed by atoms with Gasteiger partial charge in [0.15, 0.2) is 0 Å². The predicted octanol–water partition coefficient (Wildman–Crippen LogP) is 1.94. The van der Waals surface area contributed by atoms with Crippen LogP contribution in [0.15, 0.2) is 59.5 Å². The number of amides is 2. The average molecular weight is 429 g/mol. The number of phenols is 1. The van der Waals surface area contributed by atoms with E-state index in [0.29, 0.717) is 13.1 Å². The van der Waals surface area contributed by atoms with E-state index >= 15 is 0 Å². The van der Waals surface area contributed by atoms with Gasteiger partial charge in [-0.15, -0.1) is 0 Å². The van der Waals surface area contributed by atoms with Gasteiger partial charge < -0.3 is 15.7 Å². The van der Waals surface area contributed by atoms with E-state index in [-0.39, 0.29) is 22.9 Å². The highest BCUT2D eigenvalue weighted by Crippen LogP contribution is 2.29. The molecule has 30 heavy (non-hydrogen) atoms. The summed E-state index contributed by atoms with van der Waals surface area (Å²) in [6.45, 7) is 0.571. The fraction of sp³-hybridized carbons (Fsp3) is 0.238. The van der Waals surface area contributed by atoms with Crippen LogP contribution < -0.4 is 10.6 Å². The van der Waals surface area contributed by atoms with Crippen LogP contribution in [0.4, 0.5) is 5.69 Å². The summed E-state index contributed by atoms with van der Waals surface area (Å²) >= 11 is 0. The number of sulfonamides is 1. The predicted molar refractivity (Wildman–Crippen MR) is 113 cm³/mol. The van der Waals surface area contributed by atoms with Crippen molar-refractivity contribution < 1.29 is 23.1 Å². The average Bonchev–Trinajstić information content (AvgIpc) is 3.29. The van der Waals surface area contributed by atoms with Crippen molar-refractivity contribution in [3.8, 4) is 5.75 Å². The first kappa shape index (κ1) is 21.5. The molecule has 0 radical (unpaired) electrons. The summed E-state index contributed by atoms with van der Waals surface area (Å²) < 4.78 is 26.7. The van der Waals surface area contributed by atoms with Crippen LogP contribution in [0.5, 0.6) is 5.75 Å². The molecule has 1 heterocycles. The molecule has 0 bridgehead atoms. The van der Waals surface area contributed by atoms with Crippen LogP contribution in [0.1, 0.15) is 18.4 Å². The molecule has 3 rings (SSSR count). The van der Waals surface area contributed by atoms with Crippen molar-refractivity contribution in [2.24, 2.45) is 0 Å². The third kappa shape index (κ3) is 5.46. The summed E-state index contributed by atoms with van der Waals surface area (Å²) in [5.74, 6) is -1.31. The molecule has 158 valence electrons. The van der Waals surface area contributed by atoms with Crippen molar-refractivity contribution >= 4 is 33.6 Å². The van der Waals surface area contributed by atoms with E-state index in [1.807, 2.05) is 30.3 Å². The number of phenolic OH excluding ortho intramolecular Hbond substituents is 1. The minimum atomic E-state index is -3.68. The highest BCUT2D eigenvalue weighted by atomic mass is 32.2. The summed E-state index contributed by atoms with van der Waals surface area (Å²) in [7, 11) is -3.68. The van der Waals surface area contributed by atoms with Gasteiger partial charge in [-0.05, 0) is 42.7 Å². The van der Waals surface area contributed by atoms with E-state index in [4.69, 9.17) is 0 Å². The van der Waals surface area contributed by atoms with Crippen molar-refractivity contribution in [1.29, 1.82) is 0 Å². The maximum Gasteiger partial charge on any atom is 0.244 e. The molecule has 3 N–H and O–H groups in total. The fourth-order valence-electron chi connectivity index (χ4n) is 3.01. The zero-order valence-corrected chi connectivity index (χ0v) is 17.1. The Hall–Kier alpha value is -3.17. The summed E-state index contributed by atoms with van der Waals surface area (Å²) in [5.41, 5.74) is 0.812. The van der Waals surface area contributed by atoms with E-state index in [0.717, 1.165) is 18.4 Å². The van der Waals surface area contributed by atoms with Crippen LogP contribution >= 0.6 is 0 Å². The topological polar surface area (TPSA) is 116 Å². The molecule has 0 atom stereocenters. The second-order valence-corrected chi connectivity index (χ2v) is 8.74. The molecule has 0 spiro atoms. The summed E-state index contributed by atoms with van der Waals surface area (Å²) in [4.78, 5) is 24.0. The SMILES string of the molecule is O=C(/C=C/c1ccccc1)NCC(=O)Nc1cc(S(=O)(=O)N2CCCC2)ccc1O. The molecule has 1 saturated heterocycles. The number of nitrogens with one attached hydrogen (secondary N) is 2. The van der Waals surface area contributed by atoms with Gasteiger partial charge in [-0.2, -0.15) is 4.31 Å². The number of carbonyl (C=O) groups is 2. The quantitative estimate of drug-likeness (QED) is 0.460. The third-order valence-electron chi connectivity index (χ3n) is 4.59. The molecule has 0 saturated carbocycles. The van der Waals surface area contributed by atoms with E-state index in [1.165, 1.54) is 28.6 Å². The van der Waals surface area contributed by atoms with Crippen molar-refractivity contribution in [3.05, 3.63) is 60.2 Å².